The van der Waals surface area contributed by atoms with Crippen LogP contribution in [0.3, 0.4) is 0 Å². The Hall–Kier alpha value is -0.380. The number of nitrogens with two attached hydrogens (primary N) is 1. The summed E-state index contributed by atoms with van der Waals surface area (Å²) in [6.07, 6.45) is 0.646. The molecular weight excluding hydrogens is 158 g/mol. The Bertz CT molecular complexity index is 206. The fourth-order valence-electron chi connectivity index (χ4n) is 0.905. The second-order valence-electron chi connectivity index (χ2n) is 3.01. The van der Waals surface area contributed by atoms with Gasteiger partial charge < -0.3 is 10.8 Å². The van der Waals surface area contributed by atoms with Crippen LogP contribution in [-0.2, 0) is 6.42 Å². The van der Waals surface area contributed by atoms with Gasteiger partial charge in [-0.05, 0) is 29.3 Å². The molecule has 11 heavy (non-hydrogen) atoms. The van der Waals surface area contributed by atoms with Gasteiger partial charge in [0.05, 0.1) is 5.60 Å². The summed E-state index contributed by atoms with van der Waals surface area (Å²) in [6, 6.07) is 2.01. The lowest BCUT2D eigenvalue weighted by Crippen LogP contribution is -2.36. The molecule has 0 aromatic carbocycles. The van der Waals surface area contributed by atoms with Gasteiger partial charge in [0.2, 0.25) is 0 Å². The van der Waals surface area contributed by atoms with Gasteiger partial charge >= 0.3 is 0 Å². The molecule has 1 atom stereocenters. The van der Waals surface area contributed by atoms with E-state index in [-0.39, 0.29) is 0 Å². The number of rotatable bonds is 3. The van der Waals surface area contributed by atoms with E-state index in [0.717, 1.165) is 5.56 Å². The molecule has 0 spiro atoms. The van der Waals surface area contributed by atoms with Gasteiger partial charge in [0.25, 0.3) is 0 Å². The van der Waals surface area contributed by atoms with Gasteiger partial charge in [0.15, 0.2) is 0 Å². The SMILES string of the molecule is C[C@@](O)(CN)Cc1ccsc1. The van der Waals surface area contributed by atoms with Crippen molar-refractivity contribution >= 4 is 11.3 Å². The average Bonchev–Trinajstić information content (AvgIpc) is 2.39. The standard InChI is InChI=1S/C8H13NOS/c1-8(10,6-9)4-7-2-3-11-5-7/h2-3,5,10H,4,6,9H2,1H3/t8-/m0/s1. The van der Waals surface area contributed by atoms with Gasteiger partial charge in [-0.15, -0.1) is 0 Å². The van der Waals surface area contributed by atoms with E-state index in [4.69, 9.17) is 5.73 Å². The predicted molar refractivity (Wildman–Crippen MR) is 47.7 cm³/mol. The molecule has 0 amide bonds. The fourth-order valence-corrected chi connectivity index (χ4v) is 1.57. The van der Waals surface area contributed by atoms with Crippen molar-refractivity contribution in [2.45, 2.75) is 18.9 Å². The molecule has 3 N–H and O–H groups in total. The van der Waals surface area contributed by atoms with Crippen LogP contribution in [-0.4, -0.2) is 17.3 Å². The van der Waals surface area contributed by atoms with Crippen molar-refractivity contribution in [3.05, 3.63) is 22.4 Å². The van der Waals surface area contributed by atoms with E-state index < -0.39 is 5.60 Å². The van der Waals surface area contributed by atoms with E-state index in [1.807, 2.05) is 16.8 Å². The molecule has 0 fully saturated rings. The molecule has 0 bridgehead atoms. The number of hydrogen-bond acceptors (Lipinski definition) is 3. The number of hydrogen-bond donors (Lipinski definition) is 2. The van der Waals surface area contributed by atoms with Crippen LogP contribution < -0.4 is 5.73 Å². The summed E-state index contributed by atoms with van der Waals surface area (Å²) in [4.78, 5) is 0. The Morgan fingerprint density at radius 3 is 2.91 bits per heavy atom. The number of thiophene rings is 1. The zero-order valence-electron chi connectivity index (χ0n) is 6.58. The fraction of sp³-hybridized carbons (Fsp3) is 0.500. The van der Waals surface area contributed by atoms with Crippen LogP contribution >= 0.6 is 11.3 Å². The van der Waals surface area contributed by atoms with E-state index >= 15 is 0 Å². The molecule has 0 saturated carbocycles. The molecule has 0 aliphatic carbocycles. The van der Waals surface area contributed by atoms with Crippen LogP contribution in [0.4, 0.5) is 0 Å². The second-order valence-corrected chi connectivity index (χ2v) is 3.79. The maximum Gasteiger partial charge on any atom is 0.0781 e. The highest BCUT2D eigenvalue weighted by molar-refractivity contribution is 7.07. The third kappa shape index (κ3) is 2.61. The minimum Gasteiger partial charge on any atom is -0.389 e. The summed E-state index contributed by atoms with van der Waals surface area (Å²) in [5.41, 5.74) is 5.79. The first-order chi connectivity index (χ1) is 5.14. The van der Waals surface area contributed by atoms with Crippen LogP contribution in [0.5, 0.6) is 0 Å². The van der Waals surface area contributed by atoms with Gasteiger partial charge in [0.1, 0.15) is 0 Å². The Morgan fingerprint density at radius 2 is 2.45 bits per heavy atom. The molecule has 3 heteroatoms. The Balaban J connectivity index is 2.56. The molecule has 0 unspecified atom stereocenters. The van der Waals surface area contributed by atoms with Crippen molar-refractivity contribution in [3.63, 3.8) is 0 Å². The summed E-state index contributed by atoms with van der Waals surface area (Å²) in [5.74, 6) is 0. The third-order valence-corrected chi connectivity index (χ3v) is 2.34. The van der Waals surface area contributed by atoms with Crippen molar-refractivity contribution in [1.29, 1.82) is 0 Å². The first kappa shape index (κ1) is 8.71. The molecule has 2 nitrogen and oxygen atoms in total. The minimum absolute atomic E-state index is 0.308. The van der Waals surface area contributed by atoms with Gasteiger partial charge in [-0.3, -0.25) is 0 Å². The maximum atomic E-state index is 9.57. The van der Waals surface area contributed by atoms with Crippen LogP contribution in [0.25, 0.3) is 0 Å². The molecule has 1 aromatic rings. The second kappa shape index (κ2) is 3.34. The van der Waals surface area contributed by atoms with Gasteiger partial charge in [-0.2, -0.15) is 11.3 Å². The van der Waals surface area contributed by atoms with E-state index in [2.05, 4.69) is 0 Å². The van der Waals surface area contributed by atoms with Crippen LogP contribution in [0.1, 0.15) is 12.5 Å². The Kier molecular flexibility index (Phi) is 2.65. The van der Waals surface area contributed by atoms with Crippen LogP contribution in [0.2, 0.25) is 0 Å². The minimum atomic E-state index is -0.749. The highest BCUT2D eigenvalue weighted by Gasteiger charge is 2.18. The van der Waals surface area contributed by atoms with Crippen molar-refractivity contribution in [2.24, 2.45) is 5.73 Å². The first-order valence-corrected chi connectivity index (χ1v) is 4.52. The monoisotopic (exact) mass is 171 g/mol. The zero-order valence-corrected chi connectivity index (χ0v) is 7.40. The molecule has 0 aliphatic rings. The van der Waals surface area contributed by atoms with E-state index in [9.17, 15) is 5.11 Å². The molecule has 0 aliphatic heterocycles. The van der Waals surface area contributed by atoms with Crippen molar-refractivity contribution in [3.8, 4) is 0 Å². The Morgan fingerprint density at radius 1 is 1.73 bits per heavy atom. The van der Waals surface area contributed by atoms with Gasteiger partial charge in [0, 0.05) is 13.0 Å². The molecular formula is C8H13NOS. The predicted octanol–water partition coefficient (Wildman–Crippen LogP) is 1.00. The zero-order chi connectivity index (χ0) is 8.32. The van der Waals surface area contributed by atoms with E-state index in [0.29, 0.717) is 13.0 Å². The van der Waals surface area contributed by atoms with Gasteiger partial charge in [-0.1, -0.05) is 0 Å². The summed E-state index contributed by atoms with van der Waals surface area (Å²) in [5, 5.41) is 13.6. The molecule has 0 saturated heterocycles. The molecule has 62 valence electrons. The van der Waals surface area contributed by atoms with E-state index in [1.165, 1.54) is 0 Å². The smallest absolute Gasteiger partial charge is 0.0781 e. The van der Waals surface area contributed by atoms with Crippen LogP contribution in [0, 0.1) is 0 Å². The normalized spacial score (nSPS) is 16.3. The molecule has 1 aromatic heterocycles. The summed E-state index contributed by atoms with van der Waals surface area (Å²) in [6.45, 7) is 2.06. The lowest BCUT2D eigenvalue weighted by atomic mass is 9.99. The lowest BCUT2D eigenvalue weighted by Gasteiger charge is -2.19. The molecule has 0 radical (unpaired) electrons. The largest absolute Gasteiger partial charge is 0.389 e. The highest BCUT2D eigenvalue weighted by Crippen LogP contribution is 2.14. The average molecular weight is 171 g/mol. The third-order valence-electron chi connectivity index (χ3n) is 1.60. The molecule has 1 rings (SSSR count). The van der Waals surface area contributed by atoms with Gasteiger partial charge in [-0.25, -0.2) is 0 Å². The van der Waals surface area contributed by atoms with Crippen molar-refractivity contribution < 1.29 is 5.11 Å². The topological polar surface area (TPSA) is 46.2 Å². The number of aliphatic hydroxyl groups is 1. The van der Waals surface area contributed by atoms with Crippen molar-refractivity contribution in [1.82, 2.24) is 0 Å². The quantitative estimate of drug-likeness (QED) is 0.712. The highest BCUT2D eigenvalue weighted by atomic mass is 32.1. The summed E-state index contributed by atoms with van der Waals surface area (Å²) < 4.78 is 0. The summed E-state index contributed by atoms with van der Waals surface area (Å²) >= 11 is 1.64. The Labute approximate surface area is 70.7 Å². The van der Waals surface area contributed by atoms with Crippen molar-refractivity contribution in [2.75, 3.05) is 6.54 Å². The van der Waals surface area contributed by atoms with E-state index in [1.54, 1.807) is 18.3 Å². The first-order valence-electron chi connectivity index (χ1n) is 3.57. The molecule has 1 heterocycles. The maximum absolute atomic E-state index is 9.57. The van der Waals surface area contributed by atoms with Crippen LogP contribution in [0.15, 0.2) is 16.8 Å². The summed E-state index contributed by atoms with van der Waals surface area (Å²) in [7, 11) is 0. The lowest BCUT2D eigenvalue weighted by molar-refractivity contribution is 0.0697.